The number of carbonyl (C=O) groups excluding carboxylic acids is 1. The number of nitrogens with zero attached hydrogens (tertiary/aromatic N) is 2. The Bertz CT molecular complexity index is 935. The van der Waals surface area contributed by atoms with Crippen molar-refractivity contribution in [2.45, 2.75) is 37.5 Å². The Morgan fingerprint density at radius 2 is 1.96 bits per heavy atom. The Morgan fingerprint density at radius 3 is 2.61 bits per heavy atom. The predicted octanol–water partition coefficient (Wildman–Crippen LogP) is 5.84. The Balaban J connectivity index is 1.61. The minimum atomic E-state index is -0.101. The number of benzene rings is 2. The molecular formula is C22H25N3OS2. The summed E-state index contributed by atoms with van der Waals surface area (Å²) in [6.07, 6.45) is 0. The van der Waals surface area contributed by atoms with E-state index in [1.54, 1.807) is 23.1 Å². The molecule has 0 spiro atoms. The molecule has 0 aliphatic rings. The van der Waals surface area contributed by atoms with E-state index in [0.29, 0.717) is 11.6 Å². The number of carbonyl (C=O) groups is 1. The molecule has 3 aromatic rings. The van der Waals surface area contributed by atoms with Crippen molar-refractivity contribution in [1.82, 2.24) is 4.98 Å². The zero-order chi connectivity index (χ0) is 20.1. The van der Waals surface area contributed by atoms with Crippen LogP contribution < -0.4 is 10.2 Å². The third-order valence-corrected chi connectivity index (χ3v) is 6.32. The van der Waals surface area contributed by atoms with Crippen LogP contribution in [0.25, 0.3) is 0 Å². The summed E-state index contributed by atoms with van der Waals surface area (Å²) in [5.74, 6) is 0.738. The number of aryl methyl sites for hydroxylation is 1. The number of anilines is 2. The van der Waals surface area contributed by atoms with Crippen molar-refractivity contribution in [3.05, 3.63) is 70.2 Å². The van der Waals surface area contributed by atoms with E-state index in [-0.39, 0.29) is 5.91 Å². The van der Waals surface area contributed by atoms with Crippen LogP contribution in [0.15, 0.2) is 58.8 Å². The van der Waals surface area contributed by atoms with E-state index in [9.17, 15) is 4.79 Å². The van der Waals surface area contributed by atoms with E-state index < -0.39 is 0 Å². The van der Waals surface area contributed by atoms with Gasteiger partial charge in [-0.2, -0.15) is 0 Å². The Morgan fingerprint density at radius 1 is 1.21 bits per heavy atom. The predicted molar refractivity (Wildman–Crippen MR) is 121 cm³/mol. The summed E-state index contributed by atoms with van der Waals surface area (Å²) in [6.45, 7) is 6.30. The molecule has 0 radical (unpaired) electrons. The second-order valence-corrected chi connectivity index (χ2v) is 8.99. The molecule has 1 N–H and O–H groups in total. The number of rotatable bonds is 7. The molecule has 0 fully saturated rings. The SMILES string of the molecule is Cc1nc(CSc2ccc(C(=O)Nc3cccc(N(C)C(C)C)c3)cc2)cs1. The van der Waals surface area contributed by atoms with Gasteiger partial charge in [0, 0.05) is 46.1 Å². The van der Waals surface area contributed by atoms with E-state index in [2.05, 4.69) is 41.5 Å². The Kier molecular flexibility index (Phi) is 6.75. The molecule has 0 aliphatic heterocycles. The Labute approximate surface area is 175 Å². The maximum atomic E-state index is 12.6. The highest BCUT2D eigenvalue weighted by molar-refractivity contribution is 7.98. The molecule has 0 unspecified atom stereocenters. The second kappa shape index (κ2) is 9.26. The van der Waals surface area contributed by atoms with Crippen molar-refractivity contribution in [3.8, 4) is 0 Å². The third kappa shape index (κ3) is 5.36. The molecule has 4 nitrogen and oxygen atoms in total. The smallest absolute Gasteiger partial charge is 0.255 e. The lowest BCUT2D eigenvalue weighted by Gasteiger charge is -2.24. The van der Waals surface area contributed by atoms with Gasteiger partial charge in [0.15, 0.2) is 0 Å². The van der Waals surface area contributed by atoms with Crippen LogP contribution in [0.2, 0.25) is 0 Å². The normalized spacial score (nSPS) is 10.9. The van der Waals surface area contributed by atoms with E-state index in [0.717, 1.165) is 32.7 Å². The Hall–Kier alpha value is -2.31. The van der Waals surface area contributed by atoms with Crippen LogP contribution in [0.1, 0.15) is 34.9 Å². The van der Waals surface area contributed by atoms with Gasteiger partial charge in [-0.05, 0) is 63.2 Å². The van der Waals surface area contributed by atoms with Crippen LogP contribution in [-0.4, -0.2) is 24.0 Å². The molecule has 0 saturated carbocycles. The van der Waals surface area contributed by atoms with Gasteiger partial charge >= 0.3 is 0 Å². The number of thioether (sulfide) groups is 1. The van der Waals surface area contributed by atoms with Crippen LogP contribution >= 0.6 is 23.1 Å². The molecule has 2 aromatic carbocycles. The first-order valence-electron chi connectivity index (χ1n) is 9.20. The van der Waals surface area contributed by atoms with Crippen LogP contribution in [-0.2, 0) is 5.75 Å². The first-order valence-corrected chi connectivity index (χ1v) is 11.1. The molecule has 1 amide bonds. The molecule has 6 heteroatoms. The van der Waals surface area contributed by atoms with Crippen molar-refractivity contribution in [2.24, 2.45) is 0 Å². The topological polar surface area (TPSA) is 45.2 Å². The summed E-state index contributed by atoms with van der Waals surface area (Å²) >= 11 is 3.40. The number of thiazole rings is 1. The van der Waals surface area contributed by atoms with Crippen LogP contribution in [0.5, 0.6) is 0 Å². The maximum Gasteiger partial charge on any atom is 0.255 e. The molecule has 0 bridgehead atoms. The van der Waals surface area contributed by atoms with Crippen molar-refractivity contribution in [3.63, 3.8) is 0 Å². The lowest BCUT2D eigenvalue weighted by molar-refractivity contribution is 0.102. The minimum Gasteiger partial charge on any atom is -0.372 e. The highest BCUT2D eigenvalue weighted by Gasteiger charge is 2.09. The molecule has 146 valence electrons. The maximum absolute atomic E-state index is 12.6. The van der Waals surface area contributed by atoms with E-state index in [4.69, 9.17) is 0 Å². The number of aromatic nitrogens is 1. The molecular weight excluding hydrogens is 386 g/mol. The average Bonchev–Trinajstić information content (AvgIpc) is 3.11. The molecule has 28 heavy (non-hydrogen) atoms. The highest BCUT2D eigenvalue weighted by Crippen LogP contribution is 2.25. The van der Waals surface area contributed by atoms with Gasteiger partial charge in [0.05, 0.1) is 10.7 Å². The molecule has 1 aromatic heterocycles. The standard InChI is InChI=1S/C22H25N3OS2/c1-15(2)25(4)20-7-5-6-18(12-20)24-22(26)17-8-10-21(11-9-17)28-14-19-13-27-16(3)23-19/h5-13,15H,14H2,1-4H3,(H,24,26). The number of hydrogen-bond donors (Lipinski definition) is 1. The summed E-state index contributed by atoms with van der Waals surface area (Å²) in [4.78, 5) is 20.4. The minimum absolute atomic E-state index is 0.101. The zero-order valence-corrected chi connectivity index (χ0v) is 18.2. The van der Waals surface area contributed by atoms with Gasteiger partial charge in [-0.3, -0.25) is 4.79 Å². The fourth-order valence-corrected chi connectivity index (χ4v) is 4.15. The van der Waals surface area contributed by atoms with Gasteiger partial charge in [0.25, 0.3) is 5.91 Å². The van der Waals surface area contributed by atoms with Gasteiger partial charge in [-0.1, -0.05) is 6.07 Å². The largest absolute Gasteiger partial charge is 0.372 e. The monoisotopic (exact) mass is 411 g/mol. The summed E-state index contributed by atoms with van der Waals surface area (Å²) in [5.41, 5.74) is 3.63. The fourth-order valence-electron chi connectivity index (χ4n) is 2.64. The lowest BCUT2D eigenvalue weighted by Crippen LogP contribution is -2.25. The summed E-state index contributed by atoms with van der Waals surface area (Å²) < 4.78 is 0. The van der Waals surface area contributed by atoms with Gasteiger partial charge in [0.2, 0.25) is 0 Å². The van der Waals surface area contributed by atoms with Gasteiger partial charge < -0.3 is 10.2 Å². The van der Waals surface area contributed by atoms with Crippen molar-refractivity contribution in [1.29, 1.82) is 0 Å². The molecule has 0 saturated heterocycles. The van der Waals surface area contributed by atoms with Crippen molar-refractivity contribution < 1.29 is 4.79 Å². The zero-order valence-electron chi connectivity index (χ0n) is 16.6. The van der Waals surface area contributed by atoms with Crippen LogP contribution in [0, 0.1) is 6.92 Å². The van der Waals surface area contributed by atoms with Crippen molar-refractivity contribution in [2.75, 3.05) is 17.3 Å². The second-order valence-electron chi connectivity index (χ2n) is 6.88. The summed E-state index contributed by atoms with van der Waals surface area (Å²) in [5, 5.41) is 6.17. The summed E-state index contributed by atoms with van der Waals surface area (Å²) in [6, 6.07) is 16.0. The molecule has 0 atom stereocenters. The molecule has 1 heterocycles. The quantitative estimate of drug-likeness (QED) is 0.496. The first kappa shape index (κ1) is 20.4. The number of amides is 1. The van der Waals surface area contributed by atoms with Gasteiger partial charge in [-0.15, -0.1) is 23.1 Å². The number of nitrogens with one attached hydrogen (secondary N) is 1. The highest BCUT2D eigenvalue weighted by atomic mass is 32.2. The first-order chi connectivity index (χ1) is 13.4. The lowest BCUT2D eigenvalue weighted by atomic mass is 10.2. The van der Waals surface area contributed by atoms with Crippen LogP contribution in [0.4, 0.5) is 11.4 Å². The van der Waals surface area contributed by atoms with Crippen LogP contribution in [0.3, 0.4) is 0 Å². The van der Waals surface area contributed by atoms with E-state index in [1.165, 1.54) is 0 Å². The third-order valence-electron chi connectivity index (χ3n) is 4.46. The van der Waals surface area contributed by atoms with Gasteiger partial charge in [-0.25, -0.2) is 4.98 Å². The van der Waals surface area contributed by atoms with E-state index >= 15 is 0 Å². The molecule has 0 aliphatic carbocycles. The fraction of sp³-hybridized carbons (Fsp3) is 0.273. The average molecular weight is 412 g/mol. The van der Waals surface area contributed by atoms with E-state index in [1.807, 2.05) is 55.5 Å². The van der Waals surface area contributed by atoms with Crippen molar-refractivity contribution >= 4 is 40.4 Å². The number of hydrogen-bond acceptors (Lipinski definition) is 5. The summed E-state index contributed by atoms with van der Waals surface area (Å²) in [7, 11) is 2.05. The molecule has 3 rings (SSSR count). The van der Waals surface area contributed by atoms with Gasteiger partial charge in [0.1, 0.15) is 0 Å².